The van der Waals surface area contributed by atoms with Crippen molar-refractivity contribution in [3.63, 3.8) is 0 Å². The lowest BCUT2D eigenvalue weighted by atomic mass is 9.79. The van der Waals surface area contributed by atoms with Crippen LogP contribution in [0.5, 0.6) is 0 Å². The van der Waals surface area contributed by atoms with Gasteiger partial charge in [0.05, 0.1) is 5.60 Å². The van der Waals surface area contributed by atoms with Gasteiger partial charge in [0.25, 0.3) is 0 Å². The van der Waals surface area contributed by atoms with Gasteiger partial charge >= 0.3 is 0 Å². The van der Waals surface area contributed by atoms with Crippen LogP contribution in [-0.4, -0.2) is 35.1 Å². The molecule has 3 N–H and O–H groups in total. The average molecular weight is 308 g/mol. The summed E-state index contributed by atoms with van der Waals surface area (Å²) in [5.74, 6) is -0.316. The van der Waals surface area contributed by atoms with Gasteiger partial charge in [0.2, 0.25) is 5.91 Å². The molecule has 0 unspecified atom stereocenters. The maximum absolute atomic E-state index is 13.4. The van der Waals surface area contributed by atoms with E-state index in [2.05, 4.69) is 6.92 Å². The van der Waals surface area contributed by atoms with E-state index < -0.39 is 23.4 Å². The first-order valence-electron chi connectivity index (χ1n) is 7.78. The van der Waals surface area contributed by atoms with E-state index in [1.807, 2.05) is 0 Å². The number of carbonyl (C=O) groups excluding carboxylic acids is 1. The number of amides is 1. The van der Waals surface area contributed by atoms with Crippen LogP contribution < -0.4 is 5.73 Å². The monoisotopic (exact) mass is 308 g/mol. The Morgan fingerprint density at radius 2 is 2.14 bits per heavy atom. The zero-order valence-electron chi connectivity index (χ0n) is 13.3. The summed E-state index contributed by atoms with van der Waals surface area (Å²) in [6.45, 7) is 2.53. The van der Waals surface area contributed by atoms with Crippen molar-refractivity contribution in [2.24, 2.45) is 11.7 Å². The number of likely N-dealkylation sites (N-methyl/N-ethyl adjacent to an activating group) is 1. The Balaban J connectivity index is 2.13. The fraction of sp³-hybridized carbons (Fsp3) is 0.588. The number of hydrogen-bond donors (Lipinski definition) is 2. The molecule has 122 valence electrons. The molecule has 1 aliphatic carbocycles. The Bertz CT molecular complexity index is 527. The minimum absolute atomic E-state index is 0.351. The largest absolute Gasteiger partial charge is 0.389 e. The molecule has 0 aromatic heterocycles. The van der Waals surface area contributed by atoms with Crippen LogP contribution in [0.25, 0.3) is 0 Å². The molecule has 1 aliphatic rings. The van der Waals surface area contributed by atoms with E-state index >= 15 is 0 Å². The lowest BCUT2D eigenvalue weighted by molar-refractivity contribution is -0.124. The zero-order valence-corrected chi connectivity index (χ0v) is 13.3. The summed E-state index contributed by atoms with van der Waals surface area (Å²) in [4.78, 5) is 13.6. The third-order valence-corrected chi connectivity index (χ3v) is 4.62. The van der Waals surface area contributed by atoms with E-state index in [9.17, 15) is 14.3 Å². The third-order valence-electron chi connectivity index (χ3n) is 4.62. The van der Waals surface area contributed by atoms with Gasteiger partial charge in [0.15, 0.2) is 0 Å². The molecule has 5 heteroatoms. The van der Waals surface area contributed by atoms with Crippen LogP contribution in [-0.2, 0) is 4.79 Å². The van der Waals surface area contributed by atoms with Gasteiger partial charge in [0, 0.05) is 6.54 Å². The Kier molecular flexibility index (Phi) is 5.19. The normalized spacial score (nSPS) is 26.9. The summed E-state index contributed by atoms with van der Waals surface area (Å²) in [7, 11) is 1.75. The van der Waals surface area contributed by atoms with Crippen molar-refractivity contribution in [3.8, 4) is 0 Å². The molecule has 1 fully saturated rings. The number of nitrogens with two attached hydrogens (primary N) is 1. The molecule has 1 aromatic rings. The van der Waals surface area contributed by atoms with Gasteiger partial charge in [-0.3, -0.25) is 9.69 Å². The molecular formula is C17H25FN2O2. The number of aliphatic hydroxyl groups is 1. The second-order valence-corrected chi connectivity index (χ2v) is 6.68. The van der Waals surface area contributed by atoms with E-state index in [1.54, 1.807) is 24.1 Å². The molecule has 22 heavy (non-hydrogen) atoms. The first kappa shape index (κ1) is 16.9. The summed E-state index contributed by atoms with van der Waals surface area (Å²) < 4.78 is 13.4. The van der Waals surface area contributed by atoms with E-state index in [0.29, 0.717) is 30.9 Å². The van der Waals surface area contributed by atoms with Crippen molar-refractivity contribution in [1.29, 1.82) is 0 Å². The van der Waals surface area contributed by atoms with Crippen molar-refractivity contribution in [3.05, 3.63) is 35.6 Å². The smallest absolute Gasteiger partial charge is 0.239 e. The predicted octanol–water partition coefficient (Wildman–Crippen LogP) is 2.23. The van der Waals surface area contributed by atoms with Gasteiger partial charge in [-0.05, 0) is 56.3 Å². The Morgan fingerprint density at radius 3 is 2.68 bits per heavy atom. The van der Waals surface area contributed by atoms with E-state index in [0.717, 1.165) is 12.8 Å². The Labute approximate surface area is 131 Å². The molecule has 2 rings (SSSR count). The third kappa shape index (κ3) is 4.05. The number of carbonyl (C=O) groups is 1. The van der Waals surface area contributed by atoms with Crippen LogP contribution in [0.3, 0.4) is 0 Å². The molecule has 0 aliphatic heterocycles. The number of hydrogen-bond acceptors (Lipinski definition) is 3. The molecule has 1 atom stereocenters. The van der Waals surface area contributed by atoms with Gasteiger partial charge in [-0.25, -0.2) is 4.39 Å². The molecular weight excluding hydrogens is 283 g/mol. The summed E-state index contributed by atoms with van der Waals surface area (Å²) in [6.07, 6.45) is 3.39. The van der Waals surface area contributed by atoms with Gasteiger partial charge in [0.1, 0.15) is 11.9 Å². The first-order chi connectivity index (χ1) is 10.3. The highest BCUT2D eigenvalue weighted by Crippen LogP contribution is 2.33. The molecule has 0 radical (unpaired) electrons. The van der Waals surface area contributed by atoms with Crippen molar-refractivity contribution in [2.75, 3.05) is 13.6 Å². The average Bonchev–Trinajstić information content (AvgIpc) is 2.42. The topological polar surface area (TPSA) is 66.6 Å². The molecule has 4 nitrogen and oxygen atoms in total. The summed E-state index contributed by atoms with van der Waals surface area (Å²) >= 11 is 0. The number of benzene rings is 1. The second-order valence-electron chi connectivity index (χ2n) is 6.68. The van der Waals surface area contributed by atoms with Crippen LogP contribution in [0.2, 0.25) is 0 Å². The highest BCUT2D eigenvalue weighted by molar-refractivity contribution is 5.81. The van der Waals surface area contributed by atoms with E-state index in [1.165, 1.54) is 12.1 Å². The molecule has 1 aromatic carbocycles. The van der Waals surface area contributed by atoms with Gasteiger partial charge in [-0.15, -0.1) is 0 Å². The Morgan fingerprint density at radius 1 is 1.50 bits per heavy atom. The highest BCUT2D eigenvalue weighted by Gasteiger charge is 2.35. The fourth-order valence-corrected chi connectivity index (χ4v) is 3.33. The van der Waals surface area contributed by atoms with Gasteiger partial charge < -0.3 is 10.8 Å². The summed E-state index contributed by atoms with van der Waals surface area (Å²) in [5, 5.41) is 10.7. The Hall–Kier alpha value is -1.46. The number of halogens is 1. The fourth-order valence-electron chi connectivity index (χ4n) is 3.33. The maximum atomic E-state index is 13.4. The lowest BCUT2D eigenvalue weighted by Gasteiger charge is -2.39. The SMILES string of the molecule is CC1CCC(O)(CN(C)[C@@H](C(N)=O)c2cccc(F)c2)CC1. The molecule has 0 spiro atoms. The van der Waals surface area contributed by atoms with Crippen molar-refractivity contribution < 1.29 is 14.3 Å². The van der Waals surface area contributed by atoms with Gasteiger partial charge in [-0.2, -0.15) is 0 Å². The van der Waals surface area contributed by atoms with E-state index in [-0.39, 0.29) is 0 Å². The van der Waals surface area contributed by atoms with Crippen LogP contribution in [0, 0.1) is 11.7 Å². The minimum Gasteiger partial charge on any atom is -0.389 e. The van der Waals surface area contributed by atoms with Crippen molar-refractivity contribution in [1.82, 2.24) is 4.90 Å². The first-order valence-corrected chi connectivity index (χ1v) is 7.78. The predicted molar refractivity (Wildman–Crippen MR) is 83.5 cm³/mol. The number of primary amides is 1. The molecule has 1 amide bonds. The number of nitrogens with zero attached hydrogens (tertiary/aromatic N) is 1. The second kappa shape index (κ2) is 6.75. The summed E-state index contributed by atoms with van der Waals surface area (Å²) in [6, 6.07) is 5.16. The van der Waals surface area contributed by atoms with Crippen molar-refractivity contribution >= 4 is 5.91 Å². The van der Waals surface area contributed by atoms with E-state index in [4.69, 9.17) is 5.73 Å². The standard InChI is InChI=1S/C17H25FN2O2/c1-12-6-8-17(22,9-7-12)11-20(2)15(16(19)21)13-4-3-5-14(18)10-13/h3-5,10,12,15,22H,6-9,11H2,1-2H3,(H2,19,21)/t12?,15-,17?/m1/s1. The summed E-state index contributed by atoms with van der Waals surface area (Å²) in [5.41, 5.74) is 5.22. The van der Waals surface area contributed by atoms with Crippen LogP contribution >= 0.6 is 0 Å². The quantitative estimate of drug-likeness (QED) is 0.876. The zero-order chi connectivity index (χ0) is 16.3. The van der Waals surface area contributed by atoms with Crippen LogP contribution in [0.15, 0.2) is 24.3 Å². The molecule has 0 heterocycles. The molecule has 0 saturated heterocycles. The molecule has 1 saturated carbocycles. The minimum atomic E-state index is -0.803. The highest BCUT2D eigenvalue weighted by atomic mass is 19.1. The lowest BCUT2D eigenvalue weighted by Crippen LogP contribution is -2.47. The molecule has 0 bridgehead atoms. The van der Waals surface area contributed by atoms with Gasteiger partial charge in [-0.1, -0.05) is 19.1 Å². The number of rotatable bonds is 5. The van der Waals surface area contributed by atoms with Crippen LogP contribution in [0.4, 0.5) is 4.39 Å². The van der Waals surface area contributed by atoms with Crippen LogP contribution in [0.1, 0.15) is 44.2 Å². The van der Waals surface area contributed by atoms with Crippen molar-refractivity contribution in [2.45, 2.75) is 44.2 Å². The maximum Gasteiger partial charge on any atom is 0.239 e.